The number of hydrogen-bond acceptors (Lipinski definition) is 5. The van der Waals surface area contributed by atoms with Crippen LogP contribution in [0.5, 0.6) is 5.75 Å². The third kappa shape index (κ3) is 10.2. The highest BCUT2D eigenvalue weighted by Gasteiger charge is 2.05. The number of nitrogens with one attached hydrogen (secondary N) is 4. The Morgan fingerprint density at radius 1 is 0.839 bits per heavy atom. The maximum atomic E-state index is 11.4. The highest BCUT2D eigenvalue weighted by molar-refractivity contribution is 5.91. The molecule has 2 aromatic rings. The molecular weight excluding hydrogens is 396 g/mol. The van der Waals surface area contributed by atoms with Crippen LogP contribution in [0.15, 0.2) is 48.5 Å². The second kappa shape index (κ2) is 14.7. The standard InChI is InChI=1S/C11H13N3O2.C11H13N3O/c1-16-10-6-3-2-5-9(10)14-11(15)13-8-4-7-12;1-9-5-2-3-6-10(9)14-11(15)13-8-4-7-12/h2-3,5-6H,4,8H2,1H3,(H2,13,14,15);2-3,5-6H,4,8H2,1H3,(H2,13,14,15). The SMILES string of the molecule is COc1ccccc1NC(=O)NCCC#N.Cc1ccccc1NC(=O)NCCC#N. The average molecular weight is 422 g/mol. The number of carbonyl (C=O) groups is 2. The molecule has 0 unspecified atom stereocenters. The van der Waals surface area contributed by atoms with Gasteiger partial charge in [-0.2, -0.15) is 10.5 Å². The van der Waals surface area contributed by atoms with Gasteiger partial charge in [0.05, 0.1) is 37.8 Å². The lowest BCUT2D eigenvalue weighted by atomic mass is 10.2. The third-order valence-electron chi connectivity index (χ3n) is 3.79. The molecule has 9 nitrogen and oxygen atoms in total. The number of carbonyl (C=O) groups excluding carboxylic acids is 2. The fourth-order valence-electron chi connectivity index (χ4n) is 2.26. The molecule has 31 heavy (non-hydrogen) atoms. The van der Waals surface area contributed by atoms with E-state index in [1.807, 2.05) is 49.4 Å². The van der Waals surface area contributed by atoms with E-state index in [2.05, 4.69) is 21.3 Å². The minimum atomic E-state index is -0.347. The summed E-state index contributed by atoms with van der Waals surface area (Å²) in [6.45, 7) is 2.62. The molecule has 0 saturated carbocycles. The molecule has 0 fully saturated rings. The van der Waals surface area contributed by atoms with E-state index in [0.717, 1.165) is 11.3 Å². The molecule has 0 saturated heterocycles. The monoisotopic (exact) mass is 422 g/mol. The zero-order valence-electron chi connectivity index (χ0n) is 17.6. The van der Waals surface area contributed by atoms with E-state index in [1.165, 1.54) is 7.11 Å². The van der Waals surface area contributed by atoms with Gasteiger partial charge in [-0.1, -0.05) is 30.3 Å². The molecule has 0 atom stereocenters. The molecule has 0 radical (unpaired) electrons. The van der Waals surface area contributed by atoms with Gasteiger partial charge in [-0.05, 0) is 30.7 Å². The Bertz CT molecular complexity index is 933. The number of methoxy groups -OCH3 is 1. The minimum absolute atomic E-state index is 0.278. The Morgan fingerprint density at radius 2 is 1.32 bits per heavy atom. The number of anilines is 2. The minimum Gasteiger partial charge on any atom is -0.495 e. The molecule has 0 aliphatic heterocycles. The molecule has 162 valence electrons. The molecule has 0 aliphatic carbocycles. The summed E-state index contributed by atoms with van der Waals surface area (Å²) in [6.07, 6.45) is 0.612. The number of rotatable bonds is 7. The summed E-state index contributed by atoms with van der Waals surface area (Å²) >= 11 is 0. The normalized spacial score (nSPS) is 9.03. The Kier molecular flexibility index (Phi) is 11.8. The van der Waals surface area contributed by atoms with Crippen molar-refractivity contribution >= 4 is 23.4 Å². The topological polar surface area (TPSA) is 139 Å². The van der Waals surface area contributed by atoms with Gasteiger partial charge >= 0.3 is 12.1 Å². The molecule has 0 aromatic heterocycles. The van der Waals surface area contributed by atoms with Crippen molar-refractivity contribution in [2.24, 2.45) is 0 Å². The van der Waals surface area contributed by atoms with Crippen LogP contribution in [0.1, 0.15) is 18.4 Å². The van der Waals surface area contributed by atoms with Gasteiger partial charge in [-0.25, -0.2) is 9.59 Å². The second-order valence-corrected chi connectivity index (χ2v) is 6.09. The lowest BCUT2D eigenvalue weighted by Crippen LogP contribution is -2.29. The van der Waals surface area contributed by atoms with Crippen molar-refractivity contribution in [3.8, 4) is 17.9 Å². The van der Waals surface area contributed by atoms with Gasteiger partial charge in [0.15, 0.2) is 0 Å². The molecule has 0 heterocycles. The Hall–Kier alpha value is -4.24. The second-order valence-electron chi connectivity index (χ2n) is 6.09. The van der Waals surface area contributed by atoms with Gasteiger partial charge < -0.3 is 26.0 Å². The van der Waals surface area contributed by atoms with E-state index in [0.29, 0.717) is 37.4 Å². The Morgan fingerprint density at radius 3 is 1.84 bits per heavy atom. The number of nitriles is 2. The fraction of sp³-hybridized carbons (Fsp3) is 0.273. The number of aryl methyl sites for hydroxylation is 1. The van der Waals surface area contributed by atoms with Crippen molar-refractivity contribution in [1.82, 2.24) is 10.6 Å². The molecule has 4 amide bonds. The summed E-state index contributed by atoms with van der Waals surface area (Å²) in [5, 5.41) is 27.1. The molecule has 4 N–H and O–H groups in total. The summed E-state index contributed by atoms with van der Waals surface area (Å²) < 4.78 is 5.08. The van der Waals surface area contributed by atoms with Crippen LogP contribution in [0.2, 0.25) is 0 Å². The smallest absolute Gasteiger partial charge is 0.319 e. The zero-order valence-corrected chi connectivity index (χ0v) is 17.6. The summed E-state index contributed by atoms with van der Waals surface area (Å²) in [5.74, 6) is 0.595. The summed E-state index contributed by atoms with van der Waals surface area (Å²) in [4.78, 5) is 22.7. The molecule has 0 aliphatic rings. The number of amides is 4. The molecule has 2 aromatic carbocycles. The molecule has 2 rings (SSSR count). The van der Waals surface area contributed by atoms with Crippen LogP contribution >= 0.6 is 0 Å². The van der Waals surface area contributed by atoms with E-state index in [-0.39, 0.29) is 12.1 Å². The van der Waals surface area contributed by atoms with Crippen LogP contribution in [0.4, 0.5) is 21.0 Å². The van der Waals surface area contributed by atoms with Crippen molar-refractivity contribution in [1.29, 1.82) is 10.5 Å². The number of para-hydroxylation sites is 3. The number of benzene rings is 2. The van der Waals surface area contributed by atoms with Crippen LogP contribution in [-0.2, 0) is 0 Å². The first kappa shape index (κ1) is 24.8. The van der Waals surface area contributed by atoms with Gasteiger partial charge in [-0.15, -0.1) is 0 Å². The predicted octanol–water partition coefficient (Wildman–Crippen LogP) is 3.76. The number of ether oxygens (including phenoxy) is 1. The summed E-state index contributed by atoms with van der Waals surface area (Å²) in [6, 6.07) is 17.9. The first-order valence-corrected chi connectivity index (χ1v) is 9.54. The Balaban J connectivity index is 0.000000311. The van der Waals surface area contributed by atoms with Gasteiger partial charge in [0.1, 0.15) is 5.75 Å². The average Bonchev–Trinajstić information content (AvgIpc) is 2.76. The van der Waals surface area contributed by atoms with Gasteiger partial charge in [0.25, 0.3) is 0 Å². The van der Waals surface area contributed by atoms with E-state index in [9.17, 15) is 9.59 Å². The molecule has 0 spiro atoms. The zero-order chi connectivity index (χ0) is 22.9. The predicted molar refractivity (Wildman–Crippen MR) is 119 cm³/mol. The number of hydrogen-bond donors (Lipinski definition) is 4. The van der Waals surface area contributed by atoms with Crippen LogP contribution in [-0.4, -0.2) is 32.3 Å². The summed E-state index contributed by atoms with van der Waals surface area (Å²) in [5.41, 5.74) is 2.39. The van der Waals surface area contributed by atoms with Crippen LogP contribution in [0, 0.1) is 29.6 Å². The van der Waals surface area contributed by atoms with Crippen molar-refractivity contribution in [3.63, 3.8) is 0 Å². The highest BCUT2D eigenvalue weighted by Crippen LogP contribution is 2.22. The van der Waals surface area contributed by atoms with Crippen LogP contribution in [0.3, 0.4) is 0 Å². The van der Waals surface area contributed by atoms with Crippen LogP contribution < -0.4 is 26.0 Å². The summed E-state index contributed by atoms with van der Waals surface area (Å²) in [7, 11) is 1.54. The van der Waals surface area contributed by atoms with Crippen molar-refractivity contribution in [2.75, 3.05) is 30.8 Å². The van der Waals surface area contributed by atoms with Crippen molar-refractivity contribution in [2.45, 2.75) is 19.8 Å². The maximum absolute atomic E-state index is 11.4. The first-order chi connectivity index (χ1) is 15.0. The number of urea groups is 2. The van der Waals surface area contributed by atoms with Gasteiger partial charge in [-0.3, -0.25) is 0 Å². The first-order valence-electron chi connectivity index (χ1n) is 9.54. The largest absolute Gasteiger partial charge is 0.495 e. The van der Waals surface area contributed by atoms with Crippen LogP contribution in [0.25, 0.3) is 0 Å². The van der Waals surface area contributed by atoms with Gasteiger partial charge in [0.2, 0.25) is 0 Å². The van der Waals surface area contributed by atoms with Crippen molar-refractivity contribution in [3.05, 3.63) is 54.1 Å². The third-order valence-corrected chi connectivity index (χ3v) is 3.79. The quantitative estimate of drug-likeness (QED) is 0.503. The van der Waals surface area contributed by atoms with E-state index in [4.69, 9.17) is 15.3 Å². The van der Waals surface area contributed by atoms with Crippen molar-refractivity contribution < 1.29 is 14.3 Å². The van der Waals surface area contributed by atoms with E-state index < -0.39 is 0 Å². The lowest BCUT2D eigenvalue weighted by Gasteiger charge is -2.09. The maximum Gasteiger partial charge on any atom is 0.319 e. The molecule has 0 bridgehead atoms. The fourth-order valence-corrected chi connectivity index (χ4v) is 2.26. The van der Waals surface area contributed by atoms with E-state index >= 15 is 0 Å². The highest BCUT2D eigenvalue weighted by atomic mass is 16.5. The lowest BCUT2D eigenvalue weighted by molar-refractivity contribution is 0.251. The van der Waals surface area contributed by atoms with Gasteiger partial charge in [0, 0.05) is 18.8 Å². The number of nitrogens with zero attached hydrogens (tertiary/aromatic N) is 2. The molecule has 9 heteroatoms. The van der Waals surface area contributed by atoms with E-state index in [1.54, 1.807) is 18.2 Å². The molecular formula is C22H26N6O3. The Labute approximate surface area is 182 Å².